The monoisotopic (exact) mass is 222 g/mol. The van der Waals surface area contributed by atoms with Crippen molar-refractivity contribution in [1.29, 1.82) is 0 Å². The van der Waals surface area contributed by atoms with Gasteiger partial charge in [-0.2, -0.15) is 0 Å². The summed E-state index contributed by atoms with van der Waals surface area (Å²) < 4.78 is 12.7. The van der Waals surface area contributed by atoms with Gasteiger partial charge < -0.3 is 21.7 Å². The predicted octanol–water partition coefficient (Wildman–Crippen LogP) is 0.527. The van der Waals surface area contributed by atoms with E-state index in [0.717, 1.165) is 6.07 Å². The molecule has 1 aromatic rings. The van der Waals surface area contributed by atoms with Crippen LogP contribution in [0, 0.1) is 5.82 Å². The van der Waals surface area contributed by atoms with Crippen molar-refractivity contribution in [3.63, 3.8) is 0 Å². The molecule has 0 radical (unpaired) electrons. The SMILES string of the molecule is Cl.Nc1c(F)ccc([C@H](N)CO)c1O. The van der Waals surface area contributed by atoms with Crippen LogP contribution < -0.4 is 11.5 Å². The van der Waals surface area contributed by atoms with Gasteiger partial charge in [-0.25, -0.2) is 4.39 Å². The molecule has 0 aliphatic rings. The number of phenolic OH excluding ortho intramolecular Hbond substituents is 1. The van der Waals surface area contributed by atoms with Crippen molar-refractivity contribution in [2.45, 2.75) is 6.04 Å². The summed E-state index contributed by atoms with van der Waals surface area (Å²) in [5, 5.41) is 18.0. The molecule has 6 heteroatoms. The number of nitrogens with two attached hydrogens (primary N) is 2. The van der Waals surface area contributed by atoms with Crippen LogP contribution in [0.5, 0.6) is 5.75 Å². The van der Waals surface area contributed by atoms with Gasteiger partial charge in [-0.05, 0) is 6.07 Å². The zero-order chi connectivity index (χ0) is 10.0. The highest BCUT2D eigenvalue weighted by molar-refractivity contribution is 5.85. The minimum absolute atomic E-state index is 0. The number of nitrogen functional groups attached to an aromatic ring is 1. The maximum atomic E-state index is 12.7. The van der Waals surface area contributed by atoms with Gasteiger partial charge in [0.2, 0.25) is 0 Å². The topological polar surface area (TPSA) is 92.5 Å². The highest BCUT2D eigenvalue weighted by Crippen LogP contribution is 2.30. The molecule has 0 spiro atoms. The molecule has 0 bridgehead atoms. The summed E-state index contributed by atoms with van der Waals surface area (Å²) in [5.74, 6) is -1.10. The van der Waals surface area contributed by atoms with Gasteiger partial charge in [0.05, 0.1) is 12.6 Å². The Labute approximate surface area is 86.7 Å². The van der Waals surface area contributed by atoms with Gasteiger partial charge >= 0.3 is 0 Å². The van der Waals surface area contributed by atoms with E-state index in [9.17, 15) is 9.50 Å². The van der Waals surface area contributed by atoms with Gasteiger partial charge in [-0.15, -0.1) is 12.4 Å². The lowest BCUT2D eigenvalue weighted by atomic mass is 10.1. The van der Waals surface area contributed by atoms with Crippen molar-refractivity contribution in [2.75, 3.05) is 12.3 Å². The maximum absolute atomic E-state index is 12.7. The number of aliphatic hydroxyl groups excluding tert-OH is 1. The Hall–Kier alpha value is -1.04. The van der Waals surface area contributed by atoms with E-state index in [1.807, 2.05) is 0 Å². The first-order valence-corrected chi connectivity index (χ1v) is 3.71. The van der Waals surface area contributed by atoms with Crippen molar-refractivity contribution >= 4 is 18.1 Å². The summed E-state index contributed by atoms with van der Waals surface area (Å²) in [4.78, 5) is 0. The average Bonchev–Trinajstić information content (AvgIpc) is 2.13. The summed E-state index contributed by atoms with van der Waals surface area (Å²) in [7, 11) is 0. The van der Waals surface area contributed by atoms with Crippen molar-refractivity contribution in [2.24, 2.45) is 5.73 Å². The van der Waals surface area contributed by atoms with E-state index < -0.39 is 17.6 Å². The molecule has 0 amide bonds. The lowest BCUT2D eigenvalue weighted by Gasteiger charge is -2.12. The largest absolute Gasteiger partial charge is 0.505 e. The smallest absolute Gasteiger partial charge is 0.149 e. The summed E-state index contributed by atoms with van der Waals surface area (Å²) in [6, 6.07) is 1.64. The standard InChI is InChI=1S/C8H11FN2O2.ClH/c9-5-2-1-4(6(10)3-12)8(13)7(5)11;/h1-2,6,12-13H,3,10-11H2;1H/t6-;/m1./s1. The van der Waals surface area contributed by atoms with Crippen LogP contribution >= 0.6 is 12.4 Å². The van der Waals surface area contributed by atoms with E-state index in [2.05, 4.69) is 0 Å². The first-order chi connectivity index (χ1) is 6.07. The Morgan fingerprint density at radius 1 is 1.43 bits per heavy atom. The van der Waals surface area contributed by atoms with Gasteiger partial charge in [-0.3, -0.25) is 0 Å². The van der Waals surface area contributed by atoms with E-state index in [1.54, 1.807) is 0 Å². The molecule has 0 fully saturated rings. The summed E-state index contributed by atoms with van der Waals surface area (Å²) in [6.07, 6.45) is 0. The van der Waals surface area contributed by atoms with E-state index in [4.69, 9.17) is 16.6 Å². The molecule has 0 aliphatic heterocycles. The molecule has 1 rings (SSSR count). The molecule has 4 nitrogen and oxygen atoms in total. The number of anilines is 1. The van der Waals surface area contributed by atoms with Crippen LogP contribution in [0.4, 0.5) is 10.1 Å². The lowest BCUT2D eigenvalue weighted by Crippen LogP contribution is -2.15. The summed E-state index contributed by atoms with van der Waals surface area (Å²) >= 11 is 0. The van der Waals surface area contributed by atoms with E-state index in [1.165, 1.54) is 6.07 Å². The highest BCUT2D eigenvalue weighted by Gasteiger charge is 2.14. The normalized spacial score (nSPS) is 11.9. The van der Waals surface area contributed by atoms with E-state index >= 15 is 0 Å². The van der Waals surface area contributed by atoms with Crippen molar-refractivity contribution in [1.82, 2.24) is 0 Å². The average molecular weight is 223 g/mol. The second-order valence-electron chi connectivity index (χ2n) is 2.69. The van der Waals surface area contributed by atoms with Crippen LogP contribution in [0.15, 0.2) is 12.1 Å². The number of phenols is 1. The fourth-order valence-corrected chi connectivity index (χ4v) is 0.998. The van der Waals surface area contributed by atoms with E-state index in [-0.39, 0.29) is 30.3 Å². The Balaban J connectivity index is 0.00000169. The number of rotatable bonds is 2. The predicted molar refractivity (Wildman–Crippen MR) is 53.7 cm³/mol. The second kappa shape index (κ2) is 4.99. The van der Waals surface area contributed by atoms with Crippen LogP contribution in [0.2, 0.25) is 0 Å². The molecule has 1 atom stereocenters. The molecule has 0 saturated carbocycles. The Kier molecular flexibility index (Phi) is 4.62. The second-order valence-corrected chi connectivity index (χ2v) is 2.69. The summed E-state index contributed by atoms with van der Waals surface area (Å²) in [6.45, 7) is -0.335. The van der Waals surface area contributed by atoms with Gasteiger partial charge in [0, 0.05) is 5.56 Å². The third-order valence-electron chi connectivity index (χ3n) is 1.79. The number of hydrogen-bond donors (Lipinski definition) is 4. The molecule has 0 unspecified atom stereocenters. The number of halogens is 2. The van der Waals surface area contributed by atoms with Gasteiger partial charge in [0.1, 0.15) is 17.3 Å². The molecule has 0 saturated heterocycles. The molecule has 14 heavy (non-hydrogen) atoms. The zero-order valence-electron chi connectivity index (χ0n) is 7.27. The highest BCUT2D eigenvalue weighted by atomic mass is 35.5. The Morgan fingerprint density at radius 2 is 2.00 bits per heavy atom. The number of aliphatic hydroxyl groups is 1. The molecule has 80 valence electrons. The van der Waals surface area contributed by atoms with E-state index in [0.29, 0.717) is 0 Å². The fourth-order valence-electron chi connectivity index (χ4n) is 0.998. The summed E-state index contributed by atoms with van der Waals surface area (Å²) in [5.41, 5.74) is 10.5. The molecular formula is C8H12ClFN2O2. The number of benzene rings is 1. The lowest BCUT2D eigenvalue weighted by molar-refractivity contribution is 0.265. The van der Waals surface area contributed by atoms with Crippen molar-refractivity contribution in [3.05, 3.63) is 23.5 Å². The minimum Gasteiger partial charge on any atom is -0.505 e. The molecule has 0 aromatic heterocycles. The first-order valence-electron chi connectivity index (χ1n) is 3.71. The van der Waals surface area contributed by atoms with Gasteiger partial charge in [-0.1, -0.05) is 6.07 Å². The maximum Gasteiger partial charge on any atom is 0.149 e. The van der Waals surface area contributed by atoms with Crippen molar-refractivity contribution < 1.29 is 14.6 Å². The zero-order valence-corrected chi connectivity index (χ0v) is 8.09. The Bertz CT molecular complexity index is 322. The fraction of sp³-hybridized carbons (Fsp3) is 0.250. The van der Waals surface area contributed by atoms with Crippen LogP contribution in [0.1, 0.15) is 11.6 Å². The Morgan fingerprint density at radius 3 is 2.50 bits per heavy atom. The number of hydrogen-bond acceptors (Lipinski definition) is 4. The van der Waals surface area contributed by atoms with Crippen LogP contribution in [0.3, 0.4) is 0 Å². The van der Waals surface area contributed by atoms with Crippen LogP contribution in [-0.4, -0.2) is 16.8 Å². The quantitative estimate of drug-likeness (QED) is 0.434. The molecule has 6 N–H and O–H groups in total. The third kappa shape index (κ3) is 2.25. The molecule has 0 heterocycles. The first kappa shape index (κ1) is 13.0. The third-order valence-corrected chi connectivity index (χ3v) is 1.79. The van der Waals surface area contributed by atoms with Gasteiger partial charge in [0.25, 0.3) is 0 Å². The van der Waals surface area contributed by atoms with Crippen LogP contribution in [-0.2, 0) is 0 Å². The molecule has 1 aromatic carbocycles. The van der Waals surface area contributed by atoms with Gasteiger partial charge in [0.15, 0.2) is 0 Å². The van der Waals surface area contributed by atoms with Crippen molar-refractivity contribution in [3.8, 4) is 5.75 Å². The van der Waals surface area contributed by atoms with Crippen LogP contribution in [0.25, 0.3) is 0 Å². The minimum atomic E-state index is -0.747. The number of aromatic hydroxyl groups is 1. The molecular weight excluding hydrogens is 211 g/mol. The molecule has 0 aliphatic carbocycles.